The van der Waals surface area contributed by atoms with Crippen LogP contribution in [0.15, 0.2) is 0 Å². The van der Waals surface area contributed by atoms with Crippen molar-refractivity contribution in [1.82, 2.24) is 10.6 Å². The molecule has 0 radical (unpaired) electrons. The third-order valence-corrected chi connectivity index (χ3v) is 1.35. The van der Waals surface area contributed by atoms with Gasteiger partial charge in [-0.05, 0) is 6.54 Å². The number of amides is 1. The number of carbonyl (C=O) groups is 1. The van der Waals surface area contributed by atoms with Gasteiger partial charge in [0, 0.05) is 14.2 Å². The minimum absolute atomic E-state index is 0.0336. The smallest absolute Gasteiger partial charge is 0.239 e. The van der Waals surface area contributed by atoms with Gasteiger partial charge in [0.25, 0.3) is 0 Å². The third-order valence-electron chi connectivity index (χ3n) is 1.35. The lowest BCUT2D eigenvalue weighted by Crippen LogP contribution is -2.45. The zero-order valence-electron chi connectivity index (χ0n) is 7.31. The summed E-state index contributed by atoms with van der Waals surface area (Å²) in [7, 11) is 3.19. The summed E-state index contributed by atoms with van der Waals surface area (Å²) in [6, 6.07) is -0.227. The van der Waals surface area contributed by atoms with Gasteiger partial charge < -0.3 is 15.4 Å². The van der Waals surface area contributed by atoms with Crippen LogP contribution in [0.3, 0.4) is 0 Å². The highest BCUT2D eigenvalue weighted by Gasteiger charge is 2.14. The molecule has 1 amide bonds. The van der Waals surface area contributed by atoms with Gasteiger partial charge in [-0.2, -0.15) is 0 Å². The summed E-state index contributed by atoms with van der Waals surface area (Å²) < 4.78 is 4.86. The van der Waals surface area contributed by atoms with E-state index in [0.717, 1.165) is 6.54 Å². The van der Waals surface area contributed by atoms with Crippen molar-refractivity contribution in [2.24, 2.45) is 0 Å². The molecule has 0 spiro atoms. The Bertz CT molecular complexity index is 111. The molecule has 0 fully saturated rings. The van der Waals surface area contributed by atoms with Crippen LogP contribution in [-0.2, 0) is 9.53 Å². The average Bonchev–Trinajstić information content (AvgIpc) is 2.03. The summed E-state index contributed by atoms with van der Waals surface area (Å²) in [5.74, 6) is -0.0336. The first-order chi connectivity index (χ1) is 5.26. The Kier molecular flexibility index (Phi) is 5.78. The predicted octanol–water partition coefficient (Wildman–Crippen LogP) is -0.643. The summed E-state index contributed by atoms with van der Waals surface area (Å²) in [6.07, 6.45) is 0. The second kappa shape index (κ2) is 6.12. The van der Waals surface area contributed by atoms with E-state index in [0.29, 0.717) is 6.61 Å². The molecule has 0 rings (SSSR count). The van der Waals surface area contributed by atoms with E-state index in [1.165, 1.54) is 0 Å². The van der Waals surface area contributed by atoms with Crippen LogP contribution < -0.4 is 10.6 Å². The van der Waals surface area contributed by atoms with Crippen LogP contribution in [0.1, 0.15) is 6.92 Å². The monoisotopic (exact) mass is 160 g/mol. The second-order valence-corrected chi connectivity index (χ2v) is 2.18. The first kappa shape index (κ1) is 10.4. The van der Waals surface area contributed by atoms with E-state index in [4.69, 9.17) is 4.74 Å². The standard InChI is InChI=1S/C7H16N2O2/c1-4-9-6(5-11-3)7(10)8-2/h6,9H,4-5H2,1-3H3,(H,8,10). The van der Waals surface area contributed by atoms with Crippen molar-refractivity contribution in [3.63, 3.8) is 0 Å². The Morgan fingerprint density at radius 1 is 1.64 bits per heavy atom. The molecule has 0 aliphatic carbocycles. The quantitative estimate of drug-likeness (QED) is 0.562. The van der Waals surface area contributed by atoms with Crippen molar-refractivity contribution in [3.05, 3.63) is 0 Å². The van der Waals surface area contributed by atoms with Crippen molar-refractivity contribution in [3.8, 4) is 0 Å². The van der Waals surface area contributed by atoms with Crippen LogP contribution in [0.2, 0.25) is 0 Å². The summed E-state index contributed by atoms with van der Waals surface area (Å²) in [5, 5.41) is 5.55. The molecule has 11 heavy (non-hydrogen) atoms. The number of hydrogen-bond donors (Lipinski definition) is 2. The van der Waals surface area contributed by atoms with Crippen LogP contribution in [0.4, 0.5) is 0 Å². The Labute approximate surface area is 67.3 Å². The SMILES string of the molecule is CCNC(COC)C(=O)NC. The highest BCUT2D eigenvalue weighted by atomic mass is 16.5. The number of carbonyl (C=O) groups excluding carboxylic acids is 1. The Morgan fingerprint density at radius 2 is 2.27 bits per heavy atom. The fraction of sp³-hybridized carbons (Fsp3) is 0.857. The van der Waals surface area contributed by atoms with Gasteiger partial charge >= 0.3 is 0 Å². The average molecular weight is 160 g/mol. The molecule has 66 valence electrons. The normalized spacial score (nSPS) is 12.6. The van der Waals surface area contributed by atoms with Gasteiger partial charge in [-0.1, -0.05) is 6.92 Å². The van der Waals surface area contributed by atoms with Gasteiger partial charge in [0.1, 0.15) is 6.04 Å². The molecule has 0 aromatic heterocycles. The number of rotatable bonds is 5. The van der Waals surface area contributed by atoms with E-state index < -0.39 is 0 Å². The maximum atomic E-state index is 11.0. The van der Waals surface area contributed by atoms with Crippen LogP contribution in [0.5, 0.6) is 0 Å². The molecule has 0 aromatic carbocycles. The Hall–Kier alpha value is -0.610. The molecule has 4 heteroatoms. The summed E-state index contributed by atoms with van der Waals surface area (Å²) >= 11 is 0. The van der Waals surface area contributed by atoms with E-state index >= 15 is 0 Å². The van der Waals surface area contributed by atoms with E-state index in [-0.39, 0.29) is 11.9 Å². The zero-order chi connectivity index (χ0) is 8.69. The molecule has 0 aromatic rings. The van der Waals surface area contributed by atoms with E-state index in [2.05, 4.69) is 10.6 Å². The van der Waals surface area contributed by atoms with Crippen LogP contribution in [0.25, 0.3) is 0 Å². The van der Waals surface area contributed by atoms with Crippen LogP contribution in [-0.4, -0.2) is 39.3 Å². The molecule has 1 atom stereocenters. The van der Waals surface area contributed by atoms with Crippen molar-refractivity contribution in [2.45, 2.75) is 13.0 Å². The molecule has 0 saturated carbocycles. The molecule has 0 aliphatic heterocycles. The van der Waals surface area contributed by atoms with Gasteiger partial charge in [-0.3, -0.25) is 4.79 Å². The van der Waals surface area contributed by atoms with Gasteiger partial charge in [0.2, 0.25) is 5.91 Å². The van der Waals surface area contributed by atoms with Crippen molar-refractivity contribution < 1.29 is 9.53 Å². The van der Waals surface area contributed by atoms with Gasteiger partial charge in [0.05, 0.1) is 6.61 Å². The fourth-order valence-electron chi connectivity index (χ4n) is 0.815. The van der Waals surface area contributed by atoms with Crippen molar-refractivity contribution in [2.75, 3.05) is 27.3 Å². The second-order valence-electron chi connectivity index (χ2n) is 2.18. The summed E-state index contributed by atoms with van der Waals surface area (Å²) in [5.41, 5.74) is 0. The largest absolute Gasteiger partial charge is 0.383 e. The molecular formula is C7H16N2O2. The minimum atomic E-state index is -0.227. The zero-order valence-corrected chi connectivity index (χ0v) is 7.31. The molecule has 0 aliphatic rings. The lowest BCUT2D eigenvalue weighted by molar-refractivity contribution is -0.123. The number of nitrogens with one attached hydrogen (secondary N) is 2. The molecule has 1 unspecified atom stereocenters. The lowest BCUT2D eigenvalue weighted by atomic mass is 10.3. The van der Waals surface area contributed by atoms with Gasteiger partial charge in [-0.25, -0.2) is 0 Å². The first-order valence-corrected chi connectivity index (χ1v) is 3.70. The maximum Gasteiger partial charge on any atom is 0.239 e. The number of likely N-dealkylation sites (N-methyl/N-ethyl adjacent to an activating group) is 2. The first-order valence-electron chi connectivity index (χ1n) is 3.70. The fourth-order valence-corrected chi connectivity index (χ4v) is 0.815. The summed E-state index contributed by atoms with van der Waals surface area (Å²) in [4.78, 5) is 11.0. The molecule has 0 bridgehead atoms. The van der Waals surface area contributed by atoms with E-state index in [1.807, 2.05) is 6.92 Å². The van der Waals surface area contributed by atoms with E-state index in [9.17, 15) is 4.79 Å². The van der Waals surface area contributed by atoms with Crippen molar-refractivity contribution in [1.29, 1.82) is 0 Å². The summed E-state index contributed by atoms with van der Waals surface area (Å²) in [6.45, 7) is 3.13. The third kappa shape index (κ3) is 3.95. The molecule has 0 saturated heterocycles. The van der Waals surface area contributed by atoms with Gasteiger partial charge in [-0.15, -0.1) is 0 Å². The Balaban J connectivity index is 3.76. The van der Waals surface area contributed by atoms with Crippen molar-refractivity contribution >= 4 is 5.91 Å². The van der Waals surface area contributed by atoms with Gasteiger partial charge in [0.15, 0.2) is 0 Å². The van der Waals surface area contributed by atoms with Crippen LogP contribution >= 0.6 is 0 Å². The number of ether oxygens (including phenoxy) is 1. The van der Waals surface area contributed by atoms with Crippen LogP contribution in [0, 0.1) is 0 Å². The molecule has 2 N–H and O–H groups in total. The number of hydrogen-bond acceptors (Lipinski definition) is 3. The predicted molar refractivity (Wildman–Crippen MR) is 43.4 cm³/mol. The molecule has 4 nitrogen and oxygen atoms in total. The maximum absolute atomic E-state index is 11.0. The minimum Gasteiger partial charge on any atom is -0.383 e. The molecule has 0 heterocycles. The highest BCUT2D eigenvalue weighted by molar-refractivity contribution is 5.81. The molecular weight excluding hydrogens is 144 g/mol. The topological polar surface area (TPSA) is 50.4 Å². The van der Waals surface area contributed by atoms with E-state index in [1.54, 1.807) is 14.2 Å². The highest BCUT2D eigenvalue weighted by Crippen LogP contribution is 1.83. The Morgan fingerprint density at radius 3 is 2.64 bits per heavy atom. The lowest BCUT2D eigenvalue weighted by Gasteiger charge is -2.14. The number of methoxy groups -OCH3 is 1.